The number of fused-ring (bicyclic) bond motifs is 6. The molecule has 0 aromatic heterocycles. The number of halogens is 4. The molecule has 5 aromatic carbocycles. The fourth-order valence-corrected chi connectivity index (χ4v) is 8.95. The summed E-state index contributed by atoms with van der Waals surface area (Å²) in [6, 6.07) is 27.9. The van der Waals surface area contributed by atoms with Crippen molar-refractivity contribution in [3.8, 4) is 0 Å². The Hall–Kier alpha value is -3.60. The second-order valence-electron chi connectivity index (χ2n) is 12.3. The van der Waals surface area contributed by atoms with E-state index in [1.165, 1.54) is 39.1 Å². The smallest absolute Gasteiger partial charge is 0.199 e. The molecule has 1 heterocycles. The molecule has 7 heteroatoms. The number of anilines is 1. The van der Waals surface area contributed by atoms with Gasteiger partial charge < -0.3 is 4.90 Å². The van der Waals surface area contributed by atoms with E-state index in [0.29, 0.717) is 6.54 Å². The number of rotatable bonds is 3. The first-order valence-electron chi connectivity index (χ1n) is 15.5. The van der Waals surface area contributed by atoms with Gasteiger partial charge in [0.15, 0.2) is 11.6 Å². The molecule has 228 valence electrons. The van der Waals surface area contributed by atoms with Gasteiger partial charge in [0.2, 0.25) is 0 Å². The van der Waals surface area contributed by atoms with Crippen molar-refractivity contribution in [2.45, 2.75) is 44.1 Å². The third-order valence-corrected chi connectivity index (χ3v) is 11.8. The van der Waals surface area contributed by atoms with E-state index in [1.807, 2.05) is 6.08 Å². The van der Waals surface area contributed by atoms with Crippen molar-refractivity contribution in [3.05, 3.63) is 145 Å². The van der Waals surface area contributed by atoms with Gasteiger partial charge in [-0.15, -0.1) is 0 Å². The molecule has 0 unspecified atom stereocenters. The maximum absolute atomic E-state index is 13.8. The van der Waals surface area contributed by atoms with Gasteiger partial charge in [-0.2, -0.15) is 0 Å². The Bertz CT molecular complexity index is 2160. The maximum atomic E-state index is 13.8. The van der Waals surface area contributed by atoms with Crippen LogP contribution in [0.1, 0.15) is 63.9 Å². The Labute approximate surface area is 287 Å². The van der Waals surface area contributed by atoms with E-state index in [0.717, 1.165) is 37.1 Å². The highest BCUT2D eigenvalue weighted by molar-refractivity contribution is 6.57. The van der Waals surface area contributed by atoms with Crippen LogP contribution in [-0.2, 0) is 12.0 Å². The number of hydrogen-bond donors (Lipinski definition) is 0. The number of Topliss-reactive ketones (excluding diaryl/α,β-unsaturated/α-hetero) is 2. The van der Waals surface area contributed by atoms with Crippen LogP contribution in [0, 0.1) is 0 Å². The first-order chi connectivity index (χ1) is 22.3. The number of allylic oxidation sites excluding steroid dienone is 4. The molecule has 0 N–H and O–H groups in total. The van der Waals surface area contributed by atoms with Gasteiger partial charge in [-0.05, 0) is 63.7 Å². The molecule has 3 aliphatic rings. The molecule has 5 aromatic rings. The van der Waals surface area contributed by atoms with Crippen molar-refractivity contribution >= 4 is 85.2 Å². The Morgan fingerprint density at radius 1 is 0.630 bits per heavy atom. The van der Waals surface area contributed by atoms with E-state index in [2.05, 4.69) is 83.8 Å². The number of carbonyl (C=O) groups is 2. The van der Waals surface area contributed by atoms with Crippen LogP contribution in [0.2, 0.25) is 20.1 Å². The predicted molar refractivity (Wildman–Crippen MR) is 190 cm³/mol. The molecule has 1 spiro atoms. The van der Waals surface area contributed by atoms with Crippen molar-refractivity contribution in [3.63, 3.8) is 0 Å². The molecule has 0 saturated heterocycles. The van der Waals surface area contributed by atoms with E-state index in [1.54, 1.807) is 6.08 Å². The average molecular weight is 683 g/mol. The van der Waals surface area contributed by atoms with Crippen LogP contribution in [0.15, 0.2) is 102 Å². The lowest BCUT2D eigenvalue weighted by Gasteiger charge is -2.37. The lowest BCUT2D eigenvalue weighted by Crippen LogP contribution is -2.33. The highest BCUT2D eigenvalue weighted by Crippen LogP contribution is 2.58. The molecule has 0 radical (unpaired) electrons. The van der Waals surface area contributed by atoms with Crippen LogP contribution in [0.5, 0.6) is 0 Å². The molecule has 0 bridgehead atoms. The van der Waals surface area contributed by atoms with E-state index in [-0.39, 0.29) is 42.2 Å². The third-order valence-electron chi connectivity index (χ3n) is 9.99. The standard InChI is InChI=1S/C39H27Cl4NO2/c40-33-30-31(34(41)36(43)35(33)42)38(46)27(37(30)45)16-18-29-39(19-6-1-7-20-39)32-26-14-5-3-10-23(26)15-17-28(32)44(29)21-24-12-8-11-22-9-2-4-13-25(22)24/h2-5,8-18H,1,6-7,19-21H2/b29-18+. The minimum atomic E-state index is -0.499. The van der Waals surface area contributed by atoms with Crippen molar-refractivity contribution < 1.29 is 9.59 Å². The molecule has 0 atom stereocenters. The van der Waals surface area contributed by atoms with Crippen LogP contribution in [0.3, 0.4) is 0 Å². The molecule has 8 rings (SSSR count). The highest BCUT2D eigenvalue weighted by Gasteiger charge is 2.48. The van der Waals surface area contributed by atoms with Crippen molar-refractivity contribution in [2.75, 3.05) is 4.90 Å². The van der Waals surface area contributed by atoms with Crippen LogP contribution in [0.4, 0.5) is 5.69 Å². The summed E-state index contributed by atoms with van der Waals surface area (Å²) in [4.78, 5) is 29.9. The molecular weight excluding hydrogens is 656 g/mol. The molecule has 3 nitrogen and oxygen atoms in total. The van der Waals surface area contributed by atoms with Crippen LogP contribution < -0.4 is 4.90 Å². The summed E-state index contributed by atoms with van der Waals surface area (Å²) >= 11 is 25.5. The number of benzene rings is 5. The average Bonchev–Trinajstić information content (AvgIpc) is 3.48. The van der Waals surface area contributed by atoms with Crippen LogP contribution in [0.25, 0.3) is 21.5 Å². The first kappa shape index (κ1) is 29.8. The summed E-state index contributed by atoms with van der Waals surface area (Å²) in [5.41, 5.74) is 4.52. The number of ketones is 2. The Balaban J connectivity index is 1.35. The van der Waals surface area contributed by atoms with Crippen LogP contribution >= 0.6 is 46.4 Å². The molecule has 46 heavy (non-hydrogen) atoms. The van der Waals surface area contributed by atoms with Crippen LogP contribution in [-0.4, -0.2) is 11.6 Å². The largest absolute Gasteiger partial charge is 0.339 e. The van der Waals surface area contributed by atoms with E-state index >= 15 is 0 Å². The number of nitrogens with zero attached hydrogens (tertiary/aromatic N) is 1. The fraction of sp³-hybridized carbons (Fsp3) is 0.179. The monoisotopic (exact) mass is 681 g/mol. The minimum Gasteiger partial charge on any atom is -0.339 e. The number of carbonyl (C=O) groups excluding carboxylic acids is 2. The van der Waals surface area contributed by atoms with Crippen molar-refractivity contribution in [1.29, 1.82) is 0 Å². The molecule has 2 aliphatic carbocycles. The second-order valence-corrected chi connectivity index (χ2v) is 13.9. The maximum Gasteiger partial charge on any atom is 0.199 e. The normalized spacial score (nSPS) is 17.9. The van der Waals surface area contributed by atoms with Gasteiger partial charge in [0.1, 0.15) is 0 Å². The highest BCUT2D eigenvalue weighted by atomic mass is 35.5. The zero-order valence-corrected chi connectivity index (χ0v) is 27.7. The van der Waals surface area contributed by atoms with Gasteiger partial charge >= 0.3 is 0 Å². The topological polar surface area (TPSA) is 37.4 Å². The van der Waals surface area contributed by atoms with Gasteiger partial charge in [0.05, 0.1) is 36.8 Å². The van der Waals surface area contributed by atoms with Gasteiger partial charge in [-0.1, -0.05) is 138 Å². The van der Waals surface area contributed by atoms with Crippen molar-refractivity contribution in [2.24, 2.45) is 0 Å². The second kappa shape index (κ2) is 11.3. The van der Waals surface area contributed by atoms with Crippen molar-refractivity contribution in [1.82, 2.24) is 0 Å². The quantitative estimate of drug-likeness (QED) is 0.0822. The SMILES string of the molecule is O=C1C(=C/C=C2/N(Cc3cccc4ccccc34)c3ccc4ccccc4c3C23CCCCC3)C(=O)c2c(Cl)c(Cl)c(Cl)c(Cl)c21. The molecule has 1 aliphatic heterocycles. The Kier molecular flexibility index (Phi) is 7.30. The summed E-state index contributed by atoms with van der Waals surface area (Å²) in [6.45, 7) is 0.633. The van der Waals surface area contributed by atoms with E-state index in [9.17, 15) is 9.59 Å². The van der Waals surface area contributed by atoms with Gasteiger partial charge in [-0.25, -0.2) is 0 Å². The summed E-state index contributed by atoms with van der Waals surface area (Å²) < 4.78 is 0. The zero-order chi connectivity index (χ0) is 31.7. The van der Waals surface area contributed by atoms with Gasteiger partial charge in [0.25, 0.3) is 0 Å². The van der Waals surface area contributed by atoms with Gasteiger partial charge in [-0.3, -0.25) is 9.59 Å². The first-order valence-corrected chi connectivity index (χ1v) is 17.0. The molecule has 1 saturated carbocycles. The number of hydrogen-bond acceptors (Lipinski definition) is 3. The van der Waals surface area contributed by atoms with Gasteiger partial charge in [0, 0.05) is 23.3 Å². The summed E-state index contributed by atoms with van der Waals surface area (Å²) in [7, 11) is 0. The zero-order valence-electron chi connectivity index (χ0n) is 24.7. The van der Waals surface area contributed by atoms with E-state index in [4.69, 9.17) is 46.4 Å². The summed E-state index contributed by atoms with van der Waals surface area (Å²) in [5, 5.41) is 4.65. The van der Waals surface area contributed by atoms with E-state index < -0.39 is 11.6 Å². The summed E-state index contributed by atoms with van der Waals surface area (Å²) in [6.07, 6.45) is 8.95. The third kappa shape index (κ3) is 4.33. The predicted octanol–water partition coefficient (Wildman–Crippen LogP) is 11.7. The Morgan fingerprint density at radius 3 is 1.89 bits per heavy atom. The molecule has 1 fully saturated rings. The lowest BCUT2D eigenvalue weighted by molar-refractivity contribution is 0.0989. The summed E-state index contributed by atoms with van der Waals surface area (Å²) in [5.74, 6) is -0.997. The Morgan fingerprint density at radius 2 is 1.22 bits per heavy atom. The minimum absolute atomic E-state index is 0.00141. The lowest BCUT2D eigenvalue weighted by atomic mass is 9.67. The molecular formula is C39H27Cl4NO2. The fourth-order valence-electron chi connectivity index (χ4n) is 7.93. The molecule has 0 amide bonds.